The minimum absolute atomic E-state index is 0.282. The summed E-state index contributed by atoms with van der Waals surface area (Å²) in [6.07, 6.45) is 1.97. The highest BCUT2D eigenvalue weighted by Gasteiger charge is 2.36. The summed E-state index contributed by atoms with van der Waals surface area (Å²) in [6, 6.07) is 34.7. The molecule has 3 nitrogen and oxygen atoms in total. The second kappa shape index (κ2) is 9.56. The number of rotatable bonds is 6. The quantitative estimate of drug-likeness (QED) is 0.300. The van der Waals surface area contributed by atoms with Crippen molar-refractivity contribution in [2.75, 3.05) is 12.0 Å². The van der Waals surface area contributed by atoms with Crippen LogP contribution in [0.4, 0.5) is 11.4 Å². The highest BCUT2D eigenvalue weighted by Crippen LogP contribution is 2.41. The van der Waals surface area contributed by atoms with Gasteiger partial charge in [-0.25, -0.2) is 4.99 Å². The molecule has 1 unspecified atom stereocenters. The molecule has 0 bridgehead atoms. The summed E-state index contributed by atoms with van der Waals surface area (Å²) in [4.78, 5) is 7.37. The summed E-state index contributed by atoms with van der Waals surface area (Å²) < 4.78 is 5.36. The number of hydrogen-bond donors (Lipinski definition) is 0. The summed E-state index contributed by atoms with van der Waals surface area (Å²) in [7, 11) is 1.70. The number of anilines is 1. The van der Waals surface area contributed by atoms with Crippen molar-refractivity contribution >= 4 is 17.2 Å². The van der Waals surface area contributed by atoms with Gasteiger partial charge >= 0.3 is 0 Å². The molecular weight excluding hydrogens is 416 g/mol. The summed E-state index contributed by atoms with van der Waals surface area (Å²) >= 11 is 0. The molecule has 0 N–H and O–H groups in total. The van der Waals surface area contributed by atoms with Crippen molar-refractivity contribution in [3.63, 3.8) is 0 Å². The Morgan fingerprint density at radius 2 is 1.41 bits per heavy atom. The first kappa shape index (κ1) is 22.0. The van der Waals surface area contributed by atoms with Crippen molar-refractivity contribution in [2.45, 2.75) is 32.7 Å². The third-order valence-corrected chi connectivity index (χ3v) is 6.60. The number of hydrogen-bond acceptors (Lipinski definition) is 2. The highest BCUT2D eigenvalue weighted by molar-refractivity contribution is 6.06. The molecular formula is C31H30N2O. The maximum absolute atomic E-state index is 5.36. The normalized spacial score (nSPS) is 16.4. The number of aryl methyl sites for hydroxylation is 2. The maximum atomic E-state index is 5.36. The van der Waals surface area contributed by atoms with E-state index in [4.69, 9.17) is 9.73 Å². The van der Waals surface area contributed by atoms with Crippen molar-refractivity contribution in [1.29, 1.82) is 0 Å². The van der Waals surface area contributed by atoms with Gasteiger partial charge in [0.25, 0.3) is 0 Å². The lowest BCUT2D eigenvalue weighted by molar-refractivity contribution is 0.415. The van der Waals surface area contributed by atoms with Crippen LogP contribution in [-0.4, -0.2) is 12.9 Å². The van der Waals surface area contributed by atoms with Crippen LogP contribution in [-0.2, 0) is 6.42 Å². The third kappa shape index (κ3) is 4.47. The molecule has 1 aliphatic heterocycles. The van der Waals surface area contributed by atoms with Crippen molar-refractivity contribution in [3.8, 4) is 16.9 Å². The van der Waals surface area contributed by atoms with Gasteiger partial charge in [0.2, 0.25) is 0 Å². The predicted octanol–water partition coefficient (Wildman–Crippen LogP) is 7.91. The largest absolute Gasteiger partial charge is 0.497 e. The average Bonchev–Trinajstić information content (AvgIpc) is 2.88. The van der Waals surface area contributed by atoms with E-state index in [1.165, 1.54) is 27.8 Å². The fourth-order valence-corrected chi connectivity index (χ4v) is 4.47. The Labute approximate surface area is 202 Å². The number of methoxy groups -OCH3 is 1. The molecule has 170 valence electrons. The zero-order valence-corrected chi connectivity index (χ0v) is 20.0. The standard InChI is InChI=1S/C31H30N2O/c1-4-23-7-11-24(12-8-23)25-13-15-27(16-14-25)32-31-21-30(26-9-5-22(2)6-10-26)33(31)28-17-19-29(34-3)20-18-28/h5-20,30H,4,21H2,1-3H3. The van der Waals surface area contributed by atoms with E-state index in [2.05, 4.69) is 104 Å². The van der Waals surface area contributed by atoms with Crippen LogP contribution in [0, 0.1) is 6.92 Å². The lowest BCUT2D eigenvalue weighted by atomic mass is 9.91. The number of ether oxygens (including phenoxy) is 1. The highest BCUT2D eigenvalue weighted by atomic mass is 16.5. The Bertz CT molecular complexity index is 1270. The fourth-order valence-electron chi connectivity index (χ4n) is 4.47. The number of benzene rings is 4. The first-order chi connectivity index (χ1) is 16.6. The maximum Gasteiger partial charge on any atom is 0.119 e. The van der Waals surface area contributed by atoms with Gasteiger partial charge in [-0.05, 0) is 72.0 Å². The molecule has 3 heteroatoms. The molecule has 0 aliphatic carbocycles. The topological polar surface area (TPSA) is 24.8 Å². The predicted molar refractivity (Wildman–Crippen MR) is 142 cm³/mol. The van der Waals surface area contributed by atoms with E-state index < -0.39 is 0 Å². The zero-order valence-electron chi connectivity index (χ0n) is 20.0. The Balaban J connectivity index is 1.42. The second-order valence-corrected chi connectivity index (χ2v) is 8.82. The van der Waals surface area contributed by atoms with E-state index in [0.29, 0.717) is 0 Å². The molecule has 4 aromatic rings. The Hall–Kier alpha value is -3.85. The zero-order chi connectivity index (χ0) is 23.5. The monoisotopic (exact) mass is 446 g/mol. The van der Waals surface area contributed by atoms with Gasteiger partial charge in [-0.1, -0.05) is 73.2 Å². The minimum Gasteiger partial charge on any atom is -0.497 e. The lowest BCUT2D eigenvalue weighted by Crippen LogP contribution is -2.46. The van der Waals surface area contributed by atoms with Crippen LogP contribution in [0.25, 0.3) is 11.1 Å². The minimum atomic E-state index is 0.282. The fraction of sp³-hybridized carbons (Fsp3) is 0.194. The van der Waals surface area contributed by atoms with E-state index in [-0.39, 0.29) is 6.04 Å². The molecule has 34 heavy (non-hydrogen) atoms. The van der Waals surface area contributed by atoms with Crippen LogP contribution >= 0.6 is 0 Å². The van der Waals surface area contributed by atoms with Gasteiger partial charge in [-0.2, -0.15) is 0 Å². The Morgan fingerprint density at radius 3 is 2.00 bits per heavy atom. The molecule has 1 atom stereocenters. The summed E-state index contributed by atoms with van der Waals surface area (Å²) in [5.74, 6) is 1.94. The van der Waals surface area contributed by atoms with Crippen molar-refractivity contribution in [1.82, 2.24) is 0 Å². The van der Waals surface area contributed by atoms with Gasteiger partial charge in [0.1, 0.15) is 11.6 Å². The molecule has 1 heterocycles. The van der Waals surface area contributed by atoms with Crippen LogP contribution < -0.4 is 9.64 Å². The van der Waals surface area contributed by atoms with Gasteiger partial charge in [0.05, 0.1) is 18.8 Å². The average molecular weight is 447 g/mol. The number of nitrogens with zero attached hydrogens (tertiary/aromatic N) is 2. The Kier molecular flexibility index (Phi) is 6.18. The van der Waals surface area contributed by atoms with E-state index in [1.54, 1.807) is 7.11 Å². The molecule has 4 aromatic carbocycles. The molecule has 0 saturated carbocycles. The first-order valence-electron chi connectivity index (χ1n) is 11.9. The molecule has 1 saturated heterocycles. The van der Waals surface area contributed by atoms with Gasteiger partial charge in [-0.3, -0.25) is 0 Å². The number of aliphatic imine (C=N–C) groups is 1. The molecule has 0 aromatic heterocycles. The first-order valence-corrected chi connectivity index (χ1v) is 11.9. The summed E-state index contributed by atoms with van der Waals surface area (Å²) in [5.41, 5.74) is 8.50. The van der Waals surface area contributed by atoms with Crippen LogP contribution in [0.15, 0.2) is 102 Å². The van der Waals surface area contributed by atoms with Gasteiger partial charge in [0, 0.05) is 12.1 Å². The van der Waals surface area contributed by atoms with Gasteiger partial charge < -0.3 is 9.64 Å². The number of amidine groups is 1. The van der Waals surface area contributed by atoms with Crippen LogP contribution in [0.5, 0.6) is 5.75 Å². The van der Waals surface area contributed by atoms with Crippen molar-refractivity contribution in [2.24, 2.45) is 4.99 Å². The molecule has 1 aliphatic rings. The van der Waals surface area contributed by atoms with E-state index >= 15 is 0 Å². The van der Waals surface area contributed by atoms with E-state index in [0.717, 1.165) is 35.8 Å². The molecule has 0 spiro atoms. The third-order valence-electron chi connectivity index (χ3n) is 6.60. The van der Waals surface area contributed by atoms with Crippen LogP contribution in [0.3, 0.4) is 0 Å². The summed E-state index contributed by atoms with van der Waals surface area (Å²) in [5, 5.41) is 0. The smallest absolute Gasteiger partial charge is 0.119 e. The molecule has 0 amide bonds. The molecule has 1 fully saturated rings. The second-order valence-electron chi connectivity index (χ2n) is 8.82. The van der Waals surface area contributed by atoms with Crippen LogP contribution in [0.1, 0.15) is 36.1 Å². The van der Waals surface area contributed by atoms with E-state index in [9.17, 15) is 0 Å². The summed E-state index contributed by atoms with van der Waals surface area (Å²) in [6.45, 7) is 4.31. The SMILES string of the molecule is CCc1ccc(-c2ccc(N=C3CC(c4ccc(C)cc4)N3c3ccc(OC)cc3)cc2)cc1. The Morgan fingerprint density at radius 1 is 0.794 bits per heavy atom. The van der Waals surface area contributed by atoms with E-state index in [1.807, 2.05) is 12.1 Å². The lowest BCUT2D eigenvalue weighted by Gasteiger charge is -2.44. The molecule has 0 radical (unpaired) electrons. The van der Waals surface area contributed by atoms with Gasteiger partial charge in [-0.15, -0.1) is 0 Å². The molecule has 5 rings (SSSR count). The van der Waals surface area contributed by atoms with Crippen LogP contribution in [0.2, 0.25) is 0 Å². The van der Waals surface area contributed by atoms with Crippen molar-refractivity contribution < 1.29 is 4.74 Å². The van der Waals surface area contributed by atoms with Crippen molar-refractivity contribution in [3.05, 3.63) is 114 Å². The van der Waals surface area contributed by atoms with Gasteiger partial charge in [0.15, 0.2) is 0 Å².